The topological polar surface area (TPSA) is 42.4 Å². The number of pyridine rings is 1. The van der Waals surface area contributed by atoms with Crippen molar-refractivity contribution in [2.24, 2.45) is 0 Å². The summed E-state index contributed by atoms with van der Waals surface area (Å²) in [7, 11) is 3.19. The molecular formula is C10H12BrClN2O2. The number of hydrogen-bond acceptors (Lipinski definition) is 4. The Morgan fingerprint density at radius 3 is 2.94 bits per heavy atom. The van der Waals surface area contributed by atoms with E-state index in [0.717, 1.165) is 4.47 Å². The standard InChI is InChI=1S/C10H12BrClN2O2/c1-14(4-3-9(15)16-2)10-8(12)5-7(11)6-13-10/h5-6H,3-4H2,1-2H3. The van der Waals surface area contributed by atoms with Crippen LogP contribution in [0.3, 0.4) is 0 Å². The smallest absolute Gasteiger partial charge is 0.307 e. The number of nitrogens with zero attached hydrogens (tertiary/aromatic N) is 2. The molecule has 88 valence electrons. The van der Waals surface area contributed by atoms with E-state index in [4.69, 9.17) is 11.6 Å². The Labute approximate surface area is 108 Å². The van der Waals surface area contributed by atoms with Gasteiger partial charge in [0.25, 0.3) is 0 Å². The average Bonchev–Trinajstić information content (AvgIpc) is 2.25. The van der Waals surface area contributed by atoms with Crippen LogP contribution in [0.2, 0.25) is 5.02 Å². The number of carbonyl (C=O) groups excluding carboxylic acids is 1. The summed E-state index contributed by atoms with van der Waals surface area (Å²) in [6.07, 6.45) is 1.97. The molecular weight excluding hydrogens is 295 g/mol. The van der Waals surface area contributed by atoms with Crippen LogP contribution in [-0.4, -0.2) is 31.7 Å². The number of methoxy groups -OCH3 is 1. The number of ether oxygens (including phenoxy) is 1. The van der Waals surface area contributed by atoms with Gasteiger partial charge >= 0.3 is 5.97 Å². The molecule has 6 heteroatoms. The van der Waals surface area contributed by atoms with Gasteiger partial charge in [0.05, 0.1) is 18.6 Å². The molecule has 0 spiro atoms. The molecule has 0 amide bonds. The van der Waals surface area contributed by atoms with Crippen LogP contribution in [0.1, 0.15) is 6.42 Å². The second kappa shape index (κ2) is 6.06. The number of rotatable bonds is 4. The SMILES string of the molecule is COC(=O)CCN(C)c1ncc(Br)cc1Cl. The monoisotopic (exact) mass is 306 g/mol. The van der Waals surface area contributed by atoms with Gasteiger partial charge in [-0.05, 0) is 22.0 Å². The van der Waals surface area contributed by atoms with Gasteiger partial charge in [0.15, 0.2) is 0 Å². The van der Waals surface area contributed by atoms with Crippen molar-refractivity contribution in [2.45, 2.75) is 6.42 Å². The summed E-state index contributed by atoms with van der Waals surface area (Å²) in [5, 5.41) is 0.543. The normalized spacial score (nSPS) is 10.0. The minimum Gasteiger partial charge on any atom is -0.469 e. The van der Waals surface area contributed by atoms with Crippen molar-refractivity contribution >= 4 is 39.3 Å². The highest BCUT2D eigenvalue weighted by Crippen LogP contribution is 2.25. The molecule has 0 aliphatic heterocycles. The first-order chi connectivity index (χ1) is 7.54. The van der Waals surface area contributed by atoms with Gasteiger partial charge in [-0.25, -0.2) is 4.98 Å². The molecule has 0 aliphatic carbocycles. The molecule has 1 heterocycles. The van der Waals surface area contributed by atoms with Gasteiger partial charge in [0.2, 0.25) is 0 Å². The summed E-state index contributed by atoms with van der Waals surface area (Å²) in [6, 6.07) is 1.76. The van der Waals surface area contributed by atoms with Crippen LogP contribution < -0.4 is 4.90 Å². The highest BCUT2D eigenvalue weighted by atomic mass is 79.9. The second-order valence-electron chi connectivity index (χ2n) is 3.21. The quantitative estimate of drug-likeness (QED) is 0.802. The molecule has 0 atom stereocenters. The van der Waals surface area contributed by atoms with Gasteiger partial charge in [-0.2, -0.15) is 0 Å². The number of hydrogen-bond donors (Lipinski definition) is 0. The predicted molar refractivity (Wildman–Crippen MR) is 66.9 cm³/mol. The van der Waals surface area contributed by atoms with Gasteiger partial charge in [-0.1, -0.05) is 11.6 Å². The van der Waals surface area contributed by atoms with Gasteiger partial charge in [0, 0.05) is 24.3 Å². The molecule has 1 aromatic heterocycles. The molecule has 0 aliphatic rings. The Kier molecular flexibility index (Phi) is 5.02. The highest BCUT2D eigenvalue weighted by molar-refractivity contribution is 9.10. The van der Waals surface area contributed by atoms with Crippen molar-refractivity contribution in [1.29, 1.82) is 0 Å². The Morgan fingerprint density at radius 2 is 2.38 bits per heavy atom. The number of halogens is 2. The number of carbonyl (C=O) groups is 1. The van der Waals surface area contributed by atoms with Crippen LogP contribution in [0.15, 0.2) is 16.7 Å². The highest BCUT2D eigenvalue weighted by Gasteiger charge is 2.10. The van der Waals surface area contributed by atoms with Crippen molar-refractivity contribution < 1.29 is 9.53 Å². The summed E-state index contributed by atoms with van der Waals surface area (Å²) >= 11 is 9.30. The zero-order valence-electron chi connectivity index (χ0n) is 9.04. The van der Waals surface area contributed by atoms with Crippen molar-refractivity contribution in [3.05, 3.63) is 21.8 Å². The van der Waals surface area contributed by atoms with E-state index in [1.54, 1.807) is 12.3 Å². The zero-order chi connectivity index (χ0) is 12.1. The molecule has 1 aromatic rings. The molecule has 0 aromatic carbocycles. The lowest BCUT2D eigenvalue weighted by atomic mass is 10.3. The van der Waals surface area contributed by atoms with Crippen molar-refractivity contribution in [1.82, 2.24) is 4.98 Å². The molecule has 0 unspecified atom stereocenters. The summed E-state index contributed by atoms with van der Waals surface area (Å²) < 4.78 is 5.38. The predicted octanol–water partition coefficient (Wildman–Crippen LogP) is 2.50. The average molecular weight is 308 g/mol. The largest absolute Gasteiger partial charge is 0.469 e. The summed E-state index contributed by atoms with van der Waals surface area (Å²) in [5.41, 5.74) is 0. The lowest BCUT2D eigenvalue weighted by Crippen LogP contribution is -2.22. The molecule has 0 saturated heterocycles. The van der Waals surface area contributed by atoms with Crippen molar-refractivity contribution in [2.75, 3.05) is 25.6 Å². The van der Waals surface area contributed by atoms with Crippen LogP contribution in [-0.2, 0) is 9.53 Å². The van der Waals surface area contributed by atoms with Crippen LogP contribution >= 0.6 is 27.5 Å². The van der Waals surface area contributed by atoms with E-state index in [-0.39, 0.29) is 5.97 Å². The van der Waals surface area contributed by atoms with Crippen molar-refractivity contribution in [3.8, 4) is 0 Å². The van der Waals surface area contributed by atoms with Crippen LogP contribution in [0.5, 0.6) is 0 Å². The maximum Gasteiger partial charge on any atom is 0.307 e. The maximum absolute atomic E-state index is 11.0. The first-order valence-corrected chi connectivity index (χ1v) is 5.80. The fourth-order valence-corrected chi connectivity index (χ4v) is 1.93. The van der Waals surface area contributed by atoms with Gasteiger partial charge in [-0.3, -0.25) is 4.79 Å². The first kappa shape index (κ1) is 13.3. The van der Waals surface area contributed by atoms with Gasteiger partial charge < -0.3 is 9.64 Å². The van der Waals surface area contributed by atoms with E-state index >= 15 is 0 Å². The molecule has 0 fully saturated rings. The summed E-state index contributed by atoms with van der Waals surface area (Å²) in [6.45, 7) is 0.515. The van der Waals surface area contributed by atoms with Gasteiger partial charge in [-0.15, -0.1) is 0 Å². The van der Waals surface area contributed by atoms with Crippen LogP contribution in [0, 0.1) is 0 Å². The third-order valence-corrected chi connectivity index (χ3v) is 2.74. The number of esters is 1. The summed E-state index contributed by atoms with van der Waals surface area (Å²) in [5.74, 6) is 0.397. The molecule has 1 rings (SSSR count). The van der Waals surface area contributed by atoms with E-state index in [1.807, 2.05) is 11.9 Å². The van der Waals surface area contributed by atoms with E-state index in [9.17, 15) is 4.79 Å². The molecule has 0 radical (unpaired) electrons. The molecule has 16 heavy (non-hydrogen) atoms. The van der Waals surface area contributed by atoms with E-state index < -0.39 is 0 Å². The van der Waals surface area contributed by atoms with E-state index in [0.29, 0.717) is 23.8 Å². The Bertz CT molecular complexity index is 387. The third kappa shape index (κ3) is 3.64. The summed E-state index contributed by atoms with van der Waals surface area (Å²) in [4.78, 5) is 17.0. The number of anilines is 1. The maximum atomic E-state index is 11.0. The fraction of sp³-hybridized carbons (Fsp3) is 0.400. The second-order valence-corrected chi connectivity index (χ2v) is 4.53. The van der Waals surface area contributed by atoms with Crippen LogP contribution in [0.25, 0.3) is 0 Å². The zero-order valence-corrected chi connectivity index (χ0v) is 11.4. The Balaban J connectivity index is 2.65. The molecule has 4 nitrogen and oxygen atoms in total. The number of aromatic nitrogens is 1. The third-order valence-electron chi connectivity index (χ3n) is 2.03. The van der Waals surface area contributed by atoms with Crippen molar-refractivity contribution in [3.63, 3.8) is 0 Å². The molecule has 0 bridgehead atoms. The lowest BCUT2D eigenvalue weighted by Gasteiger charge is -2.18. The Hall–Kier alpha value is -0.810. The van der Waals surface area contributed by atoms with E-state index in [1.165, 1.54) is 7.11 Å². The minimum absolute atomic E-state index is 0.250. The minimum atomic E-state index is -0.250. The Morgan fingerprint density at radius 1 is 1.69 bits per heavy atom. The molecule has 0 saturated carbocycles. The first-order valence-electron chi connectivity index (χ1n) is 4.63. The fourth-order valence-electron chi connectivity index (χ4n) is 1.16. The van der Waals surface area contributed by atoms with Gasteiger partial charge in [0.1, 0.15) is 5.82 Å². The molecule has 0 N–H and O–H groups in total. The van der Waals surface area contributed by atoms with E-state index in [2.05, 4.69) is 25.7 Å². The van der Waals surface area contributed by atoms with Crippen LogP contribution in [0.4, 0.5) is 5.82 Å². The lowest BCUT2D eigenvalue weighted by molar-refractivity contribution is -0.140.